The Hall–Kier alpha value is -2.64. The van der Waals surface area contributed by atoms with Gasteiger partial charge in [-0.1, -0.05) is 6.07 Å². The molecule has 0 heterocycles. The van der Waals surface area contributed by atoms with Crippen LogP contribution in [0.5, 0.6) is 0 Å². The van der Waals surface area contributed by atoms with Crippen molar-refractivity contribution in [2.24, 2.45) is 0 Å². The van der Waals surface area contributed by atoms with Gasteiger partial charge in [-0.15, -0.1) is 0 Å². The molecule has 0 radical (unpaired) electrons. The number of carbonyl (C=O) groups is 2. The van der Waals surface area contributed by atoms with Gasteiger partial charge in [0, 0.05) is 30.8 Å². The average Bonchev–Trinajstić information content (AvgIpc) is 2.34. The Labute approximate surface area is 108 Å². The predicted molar refractivity (Wildman–Crippen MR) is 67.0 cm³/mol. The molecule has 1 rings (SSSR count). The van der Waals surface area contributed by atoms with Gasteiger partial charge in [-0.3, -0.25) is 14.9 Å². The number of hydrogen-bond donors (Lipinski definition) is 3. The van der Waals surface area contributed by atoms with E-state index in [1.165, 1.54) is 24.3 Å². The summed E-state index contributed by atoms with van der Waals surface area (Å²) in [6.07, 6.45) is 0.286. The lowest BCUT2D eigenvalue weighted by atomic mass is 10.3. The number of amides is 2. The highest BCUT2D eigenvalue weighted by Gasteiger charge is 2.07. The lowest BCUT2D eigenvalue weighted by molar-refractivity contribution is -0.384. The van der Waals surface area contributed by atoms with Crippen LogP contribution in [-0.2, 0) is 4.79 Å². The van der Waals surface area contributed by atoms with Crippen molar-refractivity contribution in [3.63, 3.8) is 0 Å². The highest BCUT2D eigenvalue weighted by atomic mass is 16.6. The standard InChI is InChI=1S/C11H13N3O5/c15-10(16)5-2-6-12-11(17)13-8-3-1-4-9(7-8)14(18)19/h1,3-4,7H,2,5-6H2,(H,15,16)(H2,12,13,17). The van der Waals surface area contributed by atoms with Crippen molar-refractivity contribution >= 4 is 23.4 Å². The molecule has 1 aromatic carbocycles. The fraction of sp³-hybridized carbons (Fsp3) is 0.273. The van der Waals surface area contributed by atoms with Gasteiger partial charge in [0.25, 0.3) is 5.69 Å². The molecule has 0 atom stereocenters. The Bertz CT molecular complexity index is 489. The van der Waals surface area contributed by atoms with Crippen molar-refractivity contribution < 1.29 is 19.6 Å². The van der Waals surface area contributed by atoms with Gasteiger partial charge >= 0.3 is 12.0 Å². The summed E-state index contributed by atoms with van der Waals surface area (Å²) in [6.45, 7) is 0.215. The van der Waals surface area contributed by atoms with Crippen LogP contribution >= 0.6 is 0 Å². The van der Waals surface area contributed by atoms with Gasteiger partial charge in [0.15, 0.2) is 0 Å². The second kappa shape index (κ2) is 6.94. The number of hydrogen-bond acceptors (Lipinski definition) is 4. The van der Waals surface area contributed by atoms with Crippen molar-refractivity contribution in [1.82, 2.24) is 5.32 Å². The SMILES string of the molecule is O=C(O)CCCNC(=O)Nc1cccc([N+](=O)[O-])c1. The van der Waals surface area contributed by atoms with Crippen molar-refractivity contribution in [1.29, 1.82) is 0 Å². The maximum Gasteiger partial charge on any atom is 0.319 e. The molecule has 3 N–H and O–H groups in total. The molecule has 19 heavy (non-hydrogen) atoms. The van der Waals surface area contributed by atoms with Gasteiger partial charge in [0.2, 0.25) is 0 Å². The summed E-state index contributed by atoms with van der Waals surface area (Å²) in [6, 6.07) is 4.99. The van der Waals surface area contributed by atoms with E-state index in [4.69, 9.17) is 5.11 Å². The van der Waals surface area contributed by atoms with Gasteiger partial charge in [-0.05, 0) is 12.5 Å². The number of non-ortho nitro benzene ring substituents is 1. The van der Waals surface area contributed by atoms with Gasteiger partial charge in [-0.25, -0.2) is 4.79 Å². The van der Waals surface area contributed by atoms with E-state index in [-0.39, 0.29) is 18.7 Å². The van der Waals surface area contributed by atoms with Crippen LogP contribution in [0.2, 0.25) is 0 Å². The molecule has 0 fully saturated rings. The van der Waals surface area contributed by atoms with Crippen LogP contribution in [0.3, 0.4) is 0 Å². The third-order valence-corrected chi connectivity index (χ3v) is 2.17. The quantitative estimate of drug-likeness (QED) is 0.410. The molecule has 0 saturated heterocycles. The molecular formula is C11H13N3O5. The van der Waals surface area contributed by atoms with E-state index >= 15 is 0 Å². The molecule has 102 valence electrons. The first-order valence-electron chi connectivity index (χ1n) is 5.50. The summed E-state index contributed by atoms with van der Waals surface area (Å²) in [4.78, 5) is 31.6. The van der Waals surface area contributed by atoms with Crippen LogP contribution in [0.25, 0.3) is 0 Å². The zero-order valence-corrected chi connectivity index (χ0v) is 9.96. The Morgan fingerprint density at radius 3 is 2.74 bits per heavy atom. The molecule has 8 nitrogen and oxygen atoms in total. The first kappa shape index (κ1) is 14.4. The fourth-order valence-corrected chi connectivity index (χ4v) is 1.31. The largest absolute Gasteiger partial charge is 0.481 e. The molecule has 8 heteroatoms. The summed E-state index contributed by atoms with van der Waals surface area (Å²) in [5, 5.41) is 23.8. The molecule has 0 bridgehead atoms. The molecule has 2 amide bonds. The number of anilines is 1. The fourth-order valence-electron chi connectivity index (χ4n) is 1.31. The van der Waals surface area contributed by atoms with E-state index in [1.54, 1.807) is 0 Å². The van der Waals surface area contributed by atoms with Gasteiger partial charge in [-0.2, -0.15) is 0 Å². The van der Waals surface area contributed by atoms with E-state index < -0.39 is 16.9 Å². The lowest BCUT2D eigenvalue weighted by Crippen LogP contribution is -2.29. The summed E-state index contributed by atoms with van der Waals surface area (Å²) < 4.78 is 0. The number of rotatable bonds is 6. The van der Waals surface area contributed by atoms with Crippen LogP contribution in [0.4, 0.5) is 16.2 Å². The van der Waals surface area contributed by atoms with E-state index in [9.17, 15) is 19.7 Å². The van der Waals surface area contributed by atoms with E-state index in [0.717, 1.165) is 0 Å². The van der Waals surface area contributed by atoms with E-state index in [2.05, 4.69) is 10.6 Å². The summed E-state index contributed by atoms with van der Waals surface area (Å²) >= 11 is 0. The number of nitrogens with one attached hydrogen (secondary N) is 2. The third kappa shape index (κ3) is 5.48. The number of benzene rings is 1. The molecule has 1 aromatic rings. The van der Waals surface area contributed by atoms with E-state index in [0.29, 0.717) is 12.1 Å². The van der Waals surface area contributed by atoms with Crippen LogP contribution in [-0.4, -0.2) is 28.6 Å². The number of nitro benzene ring substituents is 1. The van der Waals surface area contributed by atoms with Crippen molar-refractivity contribution in [2.75, 3.05) is 11.9 Å². The Morgan fingerprint density at radius 1 is 1.37 bits per heavy atom. The second-order valence-corrected chi connectivity index (χ2v) is 3.69. The topological polar surface area (TPSA) is 122 Å². The zero-order chi connectivity index (χ0) is 14.3. The molecule has 0 aliphatic carbocycles. The molecule has 0 aromatic heterocycles. The number of carbonyl (C=O) groups excluding carboxylic acids is 1. The molecule has 0 unspecified atom stereocenters. The number of nitro groups is 1. The van der Waals surface area contributed by atoms with Crippen molar-refractivity contribution in [3.8, 4) is 0 Å². The number of carboxylic acid groups (broad SMARTS) is 1. The second-order valence-electron chi connectivity index (χ2n) is 3.69. The molecule has 0 spiro atoms. The van der Waals surface area contributed by atoms with Crippen molar-refractivity contribution in [3.05, 3.63) is 34.4 Å². The minimum absolute atomic E-state index is 0.0307. The van der Waals surface area contributed by atoms with E-state index in [1.807, 2.05) is 0 Å². The summed E-state index contributed by atoms with van der Waals surface area (Å²) in [7, 11) is 0. The van der Waals surface area contributed by atoms with Crippen LogP contribution in [0, 0.1) is 10.1 Å². The summed E-state index contributed by atoms with van der Waals surface area (Å²) in [5.74, 6) is -0.930. The smallest absolute Gasteiger partial charge is 0.319 e. The molecule has 0 aliphatic heterocycles. The minimum atomic E-state index is -0.930. The molecular weight excluding hydrogens is 254 g/mol. The lowest BCUT2D eigenvalue weighted by Gasteiger charge is -2.06. The molecule has 0 aliphatic rings. The Balaban J connectivity index is 2.42. The van der Waals surface area contributed by atoms with Crippen LogP contribution in [0.1, 0.15) is 12.8 Å². The number of urea groups is 1. The number of aliphatic carboxylic acids is 1. The normalized spacial score (nSPS) is 9.68. The average molecular weight is 267 g/mol. The monoisotopic (exact) mass is 267 g/mol. The van der Waals surface area contributed by atoms with Crippen molar-refractivity contribution in [2.45, 2.75) is 12.8 Å². The first-order chi connectivity index (χ1) is 8.99. The first-order valence-corrected chi connectivity index (χ1v) is 5.50. The maximum absolute atomic E-state index is 11.4. The van der Waals surface area contributed by atoms with Gasteiger partial charge in [0.1, 0.15) is 0 Å². The predicted octanol–water partition coefficient (Wildman–Crippen LogP) is 1.58. The van der Waals surface area contributed by atoms with Crippen LogP contribution in [0.15, 0.2) is 24.3 Å². The van der Waals surface area contributed by atoms with Crippen LogP contribution < -0.4 is 10.6 Å². The zero-order valence-electron chi connectivity index (χ0n) is 9.96. The highest BCUT2D eigenvalue weighted by Crippen LogP contribution is 2.16. The molecule has 0 saturated carbocycles. The number of carboxylic acids is 1. The number of nitrogens with zero attached hydrogens (tertiary/aromatic N) is 1. The maximum atomic E-state index is 11.4. The van der Waals surface area contributed by atoms with Gasteiger partial charge in [0.05, 0.1) is 4.92 Å². The third-order valence-electron chi connectivity index (χ3n) is 2.17. The summed E-state index contributed by atoms with van der Waals surface area (Å²) in [5.41, 5.74) is 0.175. The minimum Gasteiger partial charge on any atom is -0.481 e. The van der Waals surface area contributed by atoms with Gasteiger partial charge < -0.3 is 15.7 Å². The Kier molecular flexibility index (Phi) is 5.27. The Morgan fingerprint density at radius 2 is 2.11 bits per heavy atom. The highest BCUT2D eigenvalue weighted by molar-refractivity contribution is 5.89.